The maximum Gasteiger partial charge on any atom is 0.171 e. The molecule has 0 aromatic carbocycles. The first-order valence-electron chi connectivity index (χ1n) is 3.72. The van der Waals surface area contributed by atoms with E-state index in [1.165, 1.54) is 0 Å². The van der Waals surface area contributed by atoms with Crippen LogP contribution < -0.4 is 0 Å². The summed E-state index contributed by atoms with van der Waals surface area (Å²) >= 11 is 5.20. The summed E-state index contributed by atoms with van der Waals surface area (Å²) in [6.45, 7) is 6.42. The van der Waals surface area contributed by atoms with Crippen molar-refractivity contribution in [2.45, 2.75) is 26.3 Å². The quantitative estimate of drug-likeness (QED) is 0.515. The maximum atomic E-state index is 5.20. The number of thiocarbonyl (C=S) groups is 1. The second-order valence-electron chi connectivity index (χ2n) is 3.91. The molecule has 0 saturated carbocycles. The maximum absolute atomic E-state index is 5.20. The van der Waals surface area contributed by atoms with Gasteiger partial charge in [0.2, 0.25) is 0 Å². The Labute approximate surface area is 75.2 Å². The van der Waals surface area contributed by atoms with Gasteiger partial charge >= 0.3 is 0 Å². The van der Waals surface area contributed by atoms with Gasteiger partial charge in [0.15, 0.2) is 5.11 Å². The summed E-state index contributed by atoms with van der Waals surface area (Å²) in [5.74, 6) is 0. The van der Waals surface area contributed by atoms with Crippen molar-refractivity contribution in [3.05, 3.63) is 0 Å². The molecule has 0 unspecified atom stereocenters. The zero-order valence-electron chi connectivity index (χ0n) is 8.30. The van der Waals surface area contributed by atoms with Crippen LogP contribution in [0.2, 0.25) is 0 Å². The Hall–Kier alpha value is -0.310. The Balaban J connectivity index is 4.26. The molecule has 66 valence electrons. The van der Waals surface area contributed by atoms with E-state index in [2.05, 4.69) is 25.7 Å². The van der Waals surface area contributed by atoms with Crippen molar-refractivity contribution in [1.29, 1.82) is 0 Å². The van der Waals surface area contributed by atoms with Gasteiger partial charge in [-0.3, -0.25) is 0 Å². The molecule has 11 heavy (non-hydrogen) atoms. The predicted molar refractivity (Wildman–Crippen MR) is 53.8 cm³/mol. The van der Waals surface area contributed by atoms with Crippen LogP contribution in [0.3, 0.4) is 0 Å². The summed E-state index contributed by atoms with van der Waals surface area (Å²) < 4.78 is 0. The van der Waals surface area contributed by atoms with Crippen LogP contribution in [0.25, 0.3) is 0 Å². The molecule has 0 aromatic rings. The summed E-state index contributed by atoms with van der Waals surface area (Å²) in [6, 6.07) is 0. The second kappa shape index (κ2) is 3.39. The van der Waals surface area contributed by atoms with Crippen molar-refractivity contribution < 1.29 is 0 Å². The SMILES string of the molecule is CN(C)C(=S)N(C)C(C)(C)C. The lowest BCUT2D eigenvalue weighted by Crippen LogP contribution is -2.47. The Morgan fingerprint density at radius 3 is 1.55 bits per heavy atom. The van der Waals surface area contributed by atoms with Crippen LogP contribution in [0, 0.1) is 0 Å². The highest BCUT2D eigenvalue weighted by atomic mass is 32.1. The van der Waals surface area contributed by atoms with Gasteiger partial charge in [-0.25, -0.2) is 0 Å². The molecule has 0 aliphatic carbocycles. The third kappa shape index (κ3) is 3.06. The normalized spacial score (nSPS) is 11.1. The highest BCUT2D eigenvalue weighted by Gasteiger charge is 2.20. The van der Waals surface area contributed by atoms with Crippen LogP contribution in [0.4, 0.5) is 0 Å². The molecular formula is C8H18N2S. The van der Waals surface area contributed by atoms with Crippen molar-refractivity contribution in [1.82, 2.24) is 9.80 Å². The summed E-state index contributed by atoms with van der Waals surface area (Å²) in [5, 5.41) is 0.873. The topological polar surface area (TPSA) is 6.48 Å². The molecule has 0 fully saturated rings. The van der Waals surface area contributed by atoms with Crippen molar-refractivity contribution in [2.24, 2.45) is 0 Å². The summed E-state index contributed by atoms with van der Waals surface area (Å²) in [5.41, 5.74) is 0.112. The van der Waals surface area contributed by atoms with Crippen LogP contribution in [-0.4, -0.2) is 41.6 Å². The van der Waals surface area contributed by atoms with Crippen LogP contribution >= 0.6 is 12.2 Å². The fraction of sp³-hybridized carbons (Fsp3) is 0.875. The minimum Gasteiger partial charge on any atom is -0.355 e. The average molecular weight is 174 g/mol. The largest absolute Gasteiger partial charge is 0.355 e. The zero-order valence-corrected chi connectivity index (χ0v) is 9.12. The molecule has 0 amide bonds. The molecule has 0 atom stereocenters. The highest BCUT2D eigenvalue weighted by molar-refractivity contribution is 7.80. The summed E-state index contributed by atoms with van der Waals surface area (Å²) in [7, 11) is 5.94. The van der Waals surface area contributed by atoms with Gasteiger partial charge < -0.3 is 9.80 Å². The Bertz CT molecular complexity index is 147. The standard InChI is InChI=1S/C8H18N2S/c1-8(2,3)10(6)7(11)9(4)5/h1-6H3. The minimum absolute atomic E-state index is 0.112. The molecule has 0 aliphatic rings. The highest BCUT2D eigenvalue weighted by Crippen LogP contribution is 2.11. The number of nitrogens with zero attached hydrogens (tertiary/aromatic N) is 2. The van der Waals surface area contributed by atoms with E-state index in [1.807, 2.05) is 26.0 Å². The lowest BCUT2D eigenvalue weighted by atomic mass is 10.1. The van der Waals surface area contributed by atoms with E-state index in [0.29, 0.717) is 0 Å². The summed E-state index contributed by atoms with van der Waals surface area (Å²) in [6.07, 6.45) is 0. The molecule has 0 heterocycles. The molecule has 0 radical (unpaired) electrons. The van der Waals surface area contributed by atoms with E-state index >= 15 is 0 Å². The van der Waals surface area contributed by atoms with Crippen LogP contribution in [-0.2, 0) is 0 Å². The van der Waals surface area contributed by atoms with E-state index in [0.717, 1.165) is 5.11 Å². The number of hydrogen-bond donors (Lipinski definition) is 0. The molecule has 0 rings (SSSR count). The molecule has 0 saturated heterocycles. The third-order valence-corrected chi connectivity index (χ3v) is 2.31. The van der Waals surface area contributed by atoms with E-state index in [1.54, 1.807) is 0 Å². The Morgan fingerprint density at radius 1 is 1.09 bits per heavy atom. The van der Waals surface area contributed by atoms with E-state index in [9.17, 15) is 0 Å². The van der Waals surface area contributed by atoms with Gasteiger partial charge in [-0.15, -0.1) is 0 Å². The first kappa shape index (κ1) is 10.7. The molecule has 0 spiro atoms. The van der Waals surface area contributed by atoms with Gasteiger partial charge in [-0.1, -0.05) is 0 Å². The summed E-state index contributed by atoms with van der Waals surface area (Å²) in [4.78, 5) is 4.03. The first-order chi connectivity index (χ1) is 4.76. The van der Waals surface area contributed by atoms with Gasteiger partial charge in [-0.05, 0) is 33.0 Å². The molecule has 0 aliphatic heterocycles. The van der Waals surface area contributed by atoms with Gasteiger partial charge in [0.1, 0.15) is 0 Å². The van der Waals surface area contributed by atoms with Crippen molar-refractivity contribution >= 4 is 17.3 Å². The van der Waals surface area contributed by atoms with Gasteiger partial charge in [-0.2, -0.15) is 0 Å². The van der Waals surface area contributed by atoms with Gasteiger partial charge in [0.05, 0.1) is 0 Å². The second-order valence-corrected chi connectivity index (χ2v) is 4.27. The minimum atomic E-state index is 0.112. The number of rotatable bonds is 0. The first-order valence-corrected chi connectivity index (χ1v) is 4.12. The van der Waals surface area contributed by atoms with Crippen LogP contribution in [0.5, 0.6) is 0 Å². The fourth-order valence-corrected chi connectivity index (χ4v) is 0.861. The third-order valence-electron chi connectivity index (χ3n) is 1.68. The molecule has 0 N–H and O–H groups in total. The molecule has 0 aromatic heterocycles. The van der Waals surface area contributed by atoms with Crippen molar-refractivity contribution in [3.63, 3.8) is 0 Å². The van der Waals surface area contributed by atoms with Crippen molar-refractivity contribution in [2.75, 3.05) is 21.1 Å². The van der Waals surface area contributed by atoms with E-state index in [4.69, 9.17) is 12.2 Å². The fourth-order valence-electron chi connectivity index (χ4n) is 0.587. The van der Waals surface area contributed by atoms with E-state index < -0.39 is 0 Å². The molecule has 0 bridgehead atoms. The van der Waals surface area contributed by atoms with Crippen LogP contribution in [0.1, 0.15) is 20.8 Å². The van der Waals surface area contributed by atoms with E-state index in [-0.39, 0.29) is 5.54 Å². The lowest BCUT2D eigenvalue weighted by Gasteiger charge is -2.36. The Kier molecular flexibility index (Phi) is 3.30. The van der Waals surface area contributed by atoms with Crippen LogP contribution in [0.15, 0.2) is 0 Å². The molecule has 2 nitrogen and oxygen atoms in total. The van der Waals surface area contributed by atoms with Gasteiger partial charge in [0, 0.05) is 26.7 Å². The lowest BCUT2D eigenvalue weighted by molar-refractivity contribution is 0.262. The van der Waals surface area contributed by atoms with Crippen molar-refractivity contribution in [3.8, 4) is 0 Å². The predicted octanol–water partition coefficient (Wildman–Crippen LogP) is 1.56. The smallest absolute Gasteiger partial charge is 0.171 e. The van der Waals surface area contributed by atoms with Gasteiger partial charge in [0.25, 0.3) is 0 Å². The number of hydrogen-bond acceptors (Lipinski definition) is 1. The monoisotopic (exact) mass is 174 g/mol. The zero-order chi connectivity index (χ0) is 9.23. The Morgan fingerprint density at radius 2 is 1.45 bits per heavy atom. The average Bonchev–Trinajstić information content (AvgIpc) is 1.82. The molecule has 3 heteroatoms. The molecular weight excluding hydrogens is 156 g/mol.